The minimum absolute atomic E-state index is 0.156. The van der Waals surface area contributed by atoms with E-state index < -0.39 is 11.4 Å². The Morgan fingerprint density at radius 3 is 2.58 bits per heavy atom. The Hall–Kier alpha value is -2.22. The van der Waals surface area contributed by atoms with Gasteiger partial charge in [0, 0.05) is 5.69 Å². The zero-order valence-electron chi connectivity index (χ0n) is 11.2. The van der Waals surface area contributed by atoms with E-state index >= 15 is 0 Å². The lowest BCUT2D eigenvalue weighted by molar-refractivity contribution is -0.146. The smallest absolute Gasteiger partial charge is 0.344 e. The van der Waals surface area contributed by atoms with Crippen LogP contribution in [0.5, 0.6) is 5.75 Å². The van der Waals surface area contributed by atoms with Gasteiger partial charge in [0.15, 0.2) is 6.61 Å². The lowest BCUT2D eigenvalue weighted by Gasteiger charge is -2.14. The SMILES string of the molecule is CC(C)(C#N)CCOC(=O)COc1ccc(N)cc1. The number of carbonyl (C=O) groups excluding carboxylic acids is 1. The Labute approximate surface area is 112 Å². The van der Waals surface area contributed by atoms with Crippen LogP contribution < -0.4 is 10.5 Å². The highest BCUT2D eigenvalue weighted by Crippen LogP contribution is 2.18. The first-order valence-corrected chi connectivity index (χ1v) is 5.98. The molecule has 0 bridgehead atoms. The molecule has 5 heteroatoms. The van der Waals surface area contributed by atoms with Crippen molar-refractivity contribution in [2.24, 2.45) is 5.41 Å². The topological polar surface area (TPSA) is 85.3 Å². The number of nitrogens with zero attached hydrogens (tertiary/aromatic N) is 1. The average Bonchev–Trinajstić information content (AvgIpc) is 2.38. The summed E-state index contributed by atoms with van der Waals surface area (Å²) >= 11 is 0. The average molecular weight is 262 g/mol. The largest absolute Gasteiger partial charge is 0.482 e. The van der Waals surface area contributed by atoms with Crippen LogP contribution in [-0.2, 0) is 9.53 Å². The van der Waals surface area contributed by atoms with Crippen LogP contribution in [0.4, 0.5) is 5.69 Å². The molecule has 0 unspecified atom stereocenters. The van der Waals surface area contributed by atoms with E-state index in [1.165, 1.54) is 0 Å². The molecule has 1 aromatic carbocycles. The quantitative estimate of drug-likeness (QED) is 0.627. The van der Waals surface area contributed by atoms with E-state index in [2.05, 4.69) is 6.07 Å². The van der Waals surface area contributed by atoms with Crippen molar-refractivity contribution in [1.82, 2.24) is 0 Å². The number of ether oxygens (including phenoxy) is 2. The Morgan fingerprint density at radius 1 is 1.37 bits per heavy atom. The fourth-order valence-corrected chi connectivity index (χ4v) is 1.22. The maximum Gasteiger partial charge on any atom is 0.344 e. The summed E-state index contributed by atoms with van der Waals surface area (Å²) in [7, 11) is 0. The van der Waals surface area contributed by atoms with E-state index in [1.54, 1.807) is 38.1 Å². The minimum Gasteiger partial charge on any atom is -0.482 e. The first-order chi connectivity index (χ1) is 8.93. The summed E-state index contributed by atoms with van der Waals surface area (Å²) in [5.74, 6) is 0.106. The van der Waals surface area contributed by atoms with E-state index in [0.29, 0.717) is 17.9 Å². The predicted octanol–water partition coefficient (Wildman–Crippen LogP) is 2.13. The summed E-state index contributed by atoms with van der Waals surface area (Å²) in [6.45, 7) is 3.65. The molecule has 102 valence electrons. The predicted molar refractivity (Wildman–Crippen MR) is 71.3 cm³/mol. The number of carbonyl (C=O) groups is 1. The van der Waals surface area contributed by atoms with Gasteiger partial charge >= 0.3 is 5.97 Å². The third-order valence-electron chi connectivity index (χ3n) is 2.53. The Kier molecular flexibility index (Phi) is 5.19. The molecule has 0 fully saturated rings. The van der Waals surface area contributed by atoms with Gasteiger partial charge in [-0.3, -0.25) is 0 Å². The number of rotatable bonds is 6. The Morgan fingerprint density at radius 2 is 2.00 bits per heavy atom. The van der Waals surface area contributed by atoms with Gasteiger partial charge in [0.1, 0.15) is 5.75 Å². The van der Waals surface area contributed by atoms with Gasteiger partial charge in [0.05, 0.1) is 18.1 Å². The van der Waals surface area contributed by atoms with Crippen molar-refractivity contribution in [2.45, 2.75) is 20.3 Å². The second kappa shape index (κ2) is 6.64. The van der Waals surface area contributed by atoms with Crippen LogP contribution in [-0.4, -0.2) is 19.2 Å². The van der Waals surface area contributed by atoms with Crippen LogP contribution in [0.15, 0.2) is 24.3 Å². The van der Waals surface area contributed by atoms with E-state index in [9.17, 15) is 4.79 Å². The van der Waals surface area contributed by atoms with Gasteiger partial charge in [-0.05, 0) is 44.5 Å². The number of esters is 1. The van der Waals surface area contributed by atoms with Crippen LogP contribution in [0.2, 0.25) is 0 Å². The minimum atomic E-state index is -0.488. The van der Waals surface area contributed by atoms with E-state index in [0.717, 1.165) is 0 Å². The lowest BCUT2D eigenvalue weighted by Crippen LogP contribution is -2.18. The molecule has 0 heterocycles. The number of benzene rings is 1. The monoisotopic (exact) mass is 262 g/mol. The first kappa shape index (κ1) is 14.8. The standard InChI is InChI=1S/C14H18N2O3/c1-14(2,10-15)7-8-18-13(17)9-19-12-5-3-11(16)4-6-12/h3-6H,7-9,16H2,1-2H3. The molecule has 0 aliphatic rings. The number of anilines is 1. The van der Waals surface area contributed by atoms with E-state index in [4.69, 9.17) is 20.5 Å². The van der Waals surface area contributed by atoms with Crippen LogP contribution in [0.25, 0.3) is 0 Å². The summed E-state index contributed by atoms with van der Waals surface area (Å²) in [4.78, 5) is 11.4. The highest BCUT2D eigenvalue weighted by Gasteiger charge is 2.17. The van der Waals surface area contributed by atoms with Crippen molar-refractivity contribution in [2.75, 3.05) is 18.9 Å². The maximum absolute atomic E-state index is 11.4. The van der Waals surface area contributed by atoms with Gasteiger partial charge in [0.2, 0.25) is 0 Å². The number of nitriles is 1. The molecule has 0 radical (unpaired) electrons. The van der Waals surface area contributed by atoms with E-state index in [1.807, 2.05) is 0 Å². The summed E-state index contributed by atoms with van der Waals surface area (Å²) in [6.07, 6.45) is 0.497. The Bertz CT molecular complexity index is 461. The molecule has 0 spiro atoms. The molecular formula is C14H18N2O3. The zero-order chi connectivity index (χ0) is 14.3. The van der Waals surface area contributed by atoms with Crippen molar-refractivity contribution in [3.8, 4) is 11.8 Å². The summed E-state index contributed by atoms with van der Waals surface area (Å²) < 4.78 is 10.2. The first-order valence-electron chi connectivity index (χ1n) is 5.98. The second-order valence-corrected chi connectivity index (χ2v) is 4.82. The second-order valence-electron chi connectivity index (χ2n) is 4.82. The molecule has 19 heavy (non-hydrogen) atoms. The van der Waals surface area contributed by atoms with Crippen molar-refractivity contribution < 1.29 is 14.3 Å². The van der Waals surface area contributed by atoms with Gasteiger partial charge in [-0.1, -0.05) is 0 Å². The third kappa shape index (κ3) is 5.77. The Balaban J connectivity index is 2.25. The molecular weight excluding hydrogens is 244 g/mol. The number of hydrogen-bond acceptors (Lipinski definition) is 5. The molecule has 0 aromatic heterocycles. The molecule has 0 aliphatic carbocycles. The molecule has 0 aliphatic heterocycles. The highest BCUT2D eigenvalue weighted by atomic mass is 16.6. The summed E-state index contributed by atoms with van der Waals surface area (Å²) in [5, 5.41) is 8.81. The van der Waals surface area contributed by atoms with Crippen molar-refractivity contribution in [1.29, 1.82) is 5.26 Å². The molecule has 0 atom stereocenters. The van der Waals surface area contributed by atoms with E-state index in [-0.39, 0.29) is 13.2 Å². The van der Waals surface area contributed by atoms with Crippen LogP contribution >= 0.6 is 0 Å². The molecule has 1 aromatic rings. The third-order valence-corrected chi connectivity index (χ3v) is 2.53. The fraction of sp³-hybridized carbons (Fsp3) is 0.429. The molecule has 5 nitrogen and oxygen atoms in total. The normalized spacial score (nSPS) is 10.6. The molecule has 2 N–H and O–H groups in total. The number of nitrogens with two attached hydrogens (primary N) is 1. The number of nitrogen functional groups attached to an aromatic ring is 1. The highest BCUT2D eigenvalue weighted by molar-refractivity contribution is 5.71. The molecule has 0 saturated heterocycles. The number of hydrogen-bond donors (Lipinski definition) is 1. The van der Waals surface area contributed by atoms with Crippen molar-refractivity contribution in [3.63, 3.8) is 0 Å². The molecule has 0 amide bonds. The van der Waals surface area contributed by atoms with Gasteiger partial charge < -0.3 is 15.2 Å². The van der Waals surface area contributed by atoms with Crippen molar-refractivity contribution in [3.05, 3.63) is 24.3 Å². The lowest BCUT2D eigenvalue weighted by atomic mass is 9.92. The zero-order valence-corrected chi connectivity index (χ0v) is 11.2. The summed E-state index contributed by atoms with van der Waals surface area (Å²) in [5.41, 5.74) is 5.67. The van der Waals surface area contributed by atoms with Crippen molar-refractivity contribution >= 4 is 11.7 Å². The van der Waals surface area contributed by atoms with Crippen LogP contribution in [0.1, 0.15) is 20.3 Å². The van der Waals surface area contributed by atoms with Gasteiger partial charge in [-0.2, -0.15) is 5.26 Å². The molecule has 1 rings (SSSR count). The van der Waals surface area contributed by atoms with Gasteiger partial charge in [-0.15, -0.1) is 0 Å². The van der Waals surface area contributed by atoms with Gasteiger partial charge in [-0.25, -0.2) is 4.79 Å². The molecule has 0 saturated carbocycles. The van der Waals surface area contributed by atoms with Crippen LogP contribution in [0.3, 0.4) is 0 Å². The maximum atomic E-state index is 11.4. The van der Waals surface area contributed by atoms with Gasteiger partial charge in [0.25, 0.3) is 0 Å². The van der Waals surface area contributed by atoms with Crippen LogP contribution in [0, 0.1) is 16.7 Å². The fourth-order valence-electron chi connectivity index (χ4n) is 1.22. The summed E-state index contributed by atoms with van der Waals surface area (Å²) in [6, 6.07) is 8.89.